The maximum Gasteiger partial charge on any atom is 0.392 e. The van der Waals surface area contributed by atoms with E-state index >= 15 is 0 Å². The summed E-state index contributed by atoms with van der Waals surface area (Å²) in [5.74, 6) is -0.486. The van der Waals surface area contributed by atoms with Gasteiger partial charge in [0.2, 0.25) is 5.88 Å². The van der Waals surface area contributed by atoms with Crippen LogP contribution >= 0.6 is 11.6 Å². The van der Waals surface area contributed by atoms with E-state index in [1.807, 2.05) is 17.9 Å². The number of piperidine rings is 1. The smallest absolute Gasteiger partial charge is 0.392 e. The van der Waals surface area contributed by atoms with E-state index in [-0.39, 0.29) is 24.7 Å². The highest BCUT2D eigenvalue weighted by Crippen LogP contribution is 2.35. The number of fused-ring (bicyclic) bond motifs is 2. The molecule has 0 radical (unpaired) electrons. The van der Waals surface area contributed by atoms with Gasteiger partial charge in [0.25, 0.3) is 0 Å². The van der Waals surface area contributed by atoms with Crippen molar-refractivity contribution in [3.8, 4) is 11.9 Å². The molecule has 11 heteroatoms. The summed E-state index contributed by atoms with van der Waals surface area (Å²) in [5, 5.41) is 12.5. The van der Waals surface area contributed by atoms with Gasteiger partial charge in [0.15, 0.2) is 0 Å². The lowest BCUT2D eigenvalue weighted by Crippen LogP contribution is -2.60. The molecule has 0 saturated carbocycles. The minimum atomic E-state index is -4.22. The topological polar surface area (TPSA) is 83.3 Å². The molecule has 3 unspecified atom stereocenters. The Bertz CT molecular complexity index is 1060. The van der Waals surface area contributed by atoms with E-state index in [1.165, 1.54) is 13.3 Å². The fraction of sp³-hybridized carbons (Fsp3) is 0.522. The lowest BCUT2D eigenvalue weighted by molar-refractivity contribution is -0.187. The van der Waals surface area contributed by atoms with Crippen LogP contribution in [0.5, 0.6) is 5.88 Å². The standard InChI is InChI=1S/C23H25ClF3N5O2/c1-13(23(25,26)27)9-32-16-6-18(7-17(32)11-33-10-16)34-22-14(2)21(29-12-30-22)31-20-4-3-15(8-28)5-19(20)24/h3-5,12-13,16-18H,6-7,9-11H2,1-2H3,(H,29,30,31)/t13?,16-,17?,18?/m1/s1. The first-order chi connectivity index (χ1) is 16.2. The number of benzene rings is 1. The molecule has 2 aliphatic heterocycles. The van der Waals surface area contributed by atoms with Crippen LogP contribution in [0.4, 0.5) is 24.7 Å². The number of nitriles is 1. The normalized spacial score (nSPS) is 23.7. The predicted octanol–water partition coefficient (Wildman–Crippen LogP) is 4.86. The highest BCUT2D eigenvalue weighted by molar-refractivity contribution is 6.33. The quantitative estimate of drug-likeness (QED) is 0.612. The molecule has 4 rings (SSSR count). The van der Waals surface area contributed by atoms with E-state index in [0.29, 0.717) is 59.6 Å². The molecule has 0 amide bonds. The summed E-state index contributed by atoms with van der Waals surface area (Å²) in [6.45, 7) is 3.76. The Hall–Kier alpha value is -2.61. The molecule has 2 saturated heterocycles. The van der Waals surface area contributed by atoms with Crippen molar-refractivity contribution in [3.05, 3.63) is 40.7 Å². The van der Waals surface area contributed by atoms with Gasteiger partial charge in [-0.2, -0.15) is 18.4 Å². The number of nitrogens with one attached hydrogen (secondary N) is 1. The van der Waals surface area contributed by atoms with Crippen LogP contribution in [0.25, 0.3) is 0 Å². The van der Waals surface area contributed by atoms with E-state index in [4.69, 9.17) is 26.3 Å². The first-order valence-corrected chi connectivity index (χ1v) is 11.4. The summed E-state index contributed by atoms with van der Waals surface area (Å²) in [5.41, 5.74) is 1.72. The summed E-state index contributed by atoms with van der Waals surface area (Å²) < 4.78 is 51.2. The number of morpholine rings is 1. The summed E-state index contributed by atoms with van der Waals surface area (Å²) in [7, 11) is 0. The molecule has 1 aromatic carbocycles. The van der Waals surface area contributed by atoms with Crippen LogP contribution in [-0.2, 0) is 4.74 Å². The van der Waals surface area contributed by atoms with Gasteiger partial charge in [-0.1, -0.05) is 18.5 Å². The summed E-state index contributed by atoms with van der Waals surface area (Å²) in [6.07, 6.45) is -1.94. The number of rotatable bonds is 6. The minimum Gasteiger partial charge on any atom is -0.474 e. The Balaban J connectivity index is 1.45. The number of hydrogen-bond donors (Lipinski definition) is 1. The number of ether oxygens (including phenoxy) is 2. The predicted molar refractivity (Wildman–Crippen MR) is 120 cm³/mol. The maximum absolute atomic E-state index is 13.1. The second-order valence-electron chi connectivity index (χ2n) is 8.78. The number of halogens is 4. The molecule has 1 N–H and O–H groups in total. The van der Waals surface area contributed by atoms with Crippen molar-refractivity contribution < 1.29 is 22.6 Å². The molecule has 2 fully saturated rings. The van der Waals surface area contributed by atoms with Gasteiger partial charge in [0, 0.05) is 31.5 Å². The molecule has 4 atom stereocenters. The third kappa shape index (κ3) is 5.37. The average molecular weight is 496 g/mol. The third-order valence-corrected chi connectivity index (χ3v) is 6.65. The second-order valence-corrected chi connectivity index (χ2v) is 9.19. The fourth-order valence-corrected chi connectivity index (χ4v) is 4.63. The van der Waals surface area contributed by atoms with E-state index in [0.717, 1.165) is 0 Å². The second kappa shape index (κ2) is 9.94. The highest BCUT2D eigenvalue weighted by Gasteiger charge is 2.44. The van der Waals surface area contributed by atoms with Crippen molar-refractivity contribution in [1.29, 1.82) is 5.26 Å². The number of aromatic nitrogens is 2. The number of nitrogens with zero attached hydrogens (tertiary/aromatic N) is 4. The largest absolute Gasteiger partial charge is 0.474 e. The van der Waals surface area contributed by atoms with Gasteiger partial charge in [0.1, 0.15) is 18.2 Å². The molecular weight excluding hydrogens is 471 g/mol. The summed E-state index contributed by atoms with van der Waals surface area (Å²) in [6, 6.07) is 6.66. The lowest BCUT2D eigenvalue weighted by atomic mass is 9.90. The Morgan fingerprint density at radius 2 is 2.00 bits per heavy atom. The van der Waals surface area contributed by atoms with E-state index in [1.54, 1.807) is 18.2 Å². The molecule has 3 heterocycles. The summed E-state index contributed by atoms with van der Waals surface area (Å²) in [4.78, 5) is 10.5. The zero-order valence-corrected chi connectivity index (χ0v) is 19.5. The van der Waals surface area contributed by atoms with Crippen molar-refractivity contribution in [2.45, 2.75) is 51.1 Å². The van der Waals surface area contributed by atoms with Gasteiger partial charge in [-0.25, -0.2) is 9.97 Å². The van der Waals surface area contributed by atoms with Crippen LogP contribution < -0.4 is 10.1 Å². The minimum absolute atomic E-state index is 0.0408. The van der Waals surface area contributed by atoms with E-state index < -0.39 is 12.1 Å². The van der Waals surface area contributed by atoms with Gasteiger partial charge in [-0.15, -0.1) is 0 Å². The van der Waals surface area contributed by atoms with Crippen LogP contribution in [0.3, 0.4) is 0 Å². The molecule has 182 valence electrons. The van der Waals surface area contributed by atoms with Crippen LogP contribution in [0.15, 0.2) is 24.5 Å². The number of anilines is 2. The van der Waals surface area contributed by atoms with Gasteiger partial charge >= 0.3 is 6.18 Å². The van der Waals surface area contributed by atoms with E-state index in [9.17, 15) is 13.2 Å². The number of alkyl halides is 3. The van der Waals surface area contributed by atoms with Crippen molar-refractivity contribution in [2.75, 3.05) is 25.1 Å². The van der Waals surface area contributed by atoms with Crippen molar-refractivity contribution in [3.63, 3.8) is 0 Å². The lowest BCUT2D eigenvalue weighted by Gasteiger charge is -2.49. The van der Waals surface area contributed by atoms with Gasteiger partial charge in [0.05, 0.1) is 47.0 Å². The fourth-order valence-electron chi connectivity index (χ4n) is 4.40. The zero-order chi connectivity index (χ0) is 24.5. The SMILES string of the molecule is Cc1c(Nc2ccc(C#N)cc2Cl)ncnc1OC1CC2COC[C@@H](C1)N2CC(C)C(F)(F)F. The molecule has 7 nitrogen and oxygen atoms in total. The van der Waals surface area contributed by atoms with Crippen LogP contribution in [-0.4, -0.2) is 59.0 Å². The van der Waals surface area contributed by atoms with Crippen LogP contribution in [0.1, 0.15) is 30.9 Å². The average Bonchev–Trinajstić information content (AvgIpc) is 2.77. The molecule has 0 aliphatic carbocycles. The maximum atomic E-state index is 13.1. The first kappa shape index (κ1) is 24.5. The molecular formula is C23H25ClF3N5O2. The van der Waals surface area contributed by atoms with Gasteiger partial charge < -0.3 is 14.8 Å². The third-order valence-electron chi connectivity index (χ3n) is 6.34. The Morgan fingerprint density at radius 1 is 1.29 bits per heavy atom. The molecule has 1 aromatic heterocycles. The van der Waals surface area contributed by atoms with E-state index in [2.05, 4.69) is 15.3 Å². The van der Waals surface area contributed by atoms with Crippen molar-refractivity contribution >= 4 is 23.1 Å². The summed E-state index contributed by atoms with van der Waals surface area (Å²) >= 11 is 6.26. The Kier molecular flexibility index (Phi) is 7.17. The molecule has 0 spiro atoms. The van der Waals surface area contributed by atoms with Crippen LogP contribution in [0, 0.1) is 24.2 Å². The molecule has 34 heavy (non-hydrogen) atoms. The Morgan fingerprint density at radius 3 is 2.62 bits per heavy atom. The van der Waals surface area contributed by atoms with Crippen molar-refractivity contribution in [1.82, 2.24) is 14.9 Å². The molecule has 2 aromatic rings. The highest BCUT2D eigenvalue weighted by atomic mass is 35.5. The number of hydrogen-bond acceptors (Lipinski definition) is 7. The monoisotopic (exact) mass is 495 g/mol. The van der Waals surface area contributed by atoms with Crippen LogP contribution in [0.2, 0.25) is 5.02 Å². The van der Waals surface area contributed by atoms with Crippen molar-refractivity contribution in [2.24, 2.45) is 5.92 Å². The molecule has 2 aliphatic rings. The Labute approximate surface area is 200 Å². The zero-order valence-electron chi connectivity index (χ0n) is 18.8. The first-order valence-electron chi connectivity index (χ1n) is 11.0. The van der Waals surface area contributed by atoms with Gasteiger partial charge in [-0.05, 0) is 25.1 Å². The molecule has 2 bridgehead atoms. The van der Waals surface area contributed by atoms with Gasteiger partial charge in [-0.3, -0.25) is 4.90 Å².